The van der Waals surface area contributed by atoms with Gasteiger partial charge >= 0.3 is 0 Å². The zero-order valence-corrected chi connectivity index (χ0v) is 18.9. The number of benzene rings is 2. The lowest BCUT2D eigenvalue weighted by molar-refractivity contribution is 0.587. The summed E-state index contributed by atoms with van der Waals surface area (Å²) < 4.78 is 27.6. The average Bonchev–Trinajstić information content (AvgIpc) is 3.11. The summed E-state index contributed by atoms with van der Waals surface area (Å²) in [6.45, 7) is 4.08. The molecule has 6 nitrogen and oxygen atoms in total. The third-order valence-electron chi connectivity index (χ3n) is 4.45. The number of sulfonamides is 1. The Hall–Kier alpha value is -1.87. The lowest BCUT2D eigenvalue weighted by atomic mass is 10.1. The van der Waals surface area contributed by atoms with Crippen LogP contribution in [0, 0.1) is 13.8 Å². The summed E-state index contributed by atoms with van der Waals surface area (Å²) in [5, 5.41) is 10.1. The molecule has 0 aliphatic carbocycles. The minimum absolute atomic E-state index is 0.0749. The second-order valence-corrected chi connectivity index (χ2v) is 10.2. The van der Waals surface area contributed by atoms with Gasteiger partial charge in [0.25, 0.3) is 0 Å². The molecule has 0 aliphatic rings. The Bertz CT molecular complexity index is 1110. The van der Waals surface area contributed by atoms with Crippen LogP contribution in [0.5, 0.6) is 0 Å². The minimum atomic E-state index is -3.22. The lowest BCUT2D eigenvalue weighted by Gasteiger charge is -2.14. The van der Waals surface area contributed by atoms with Crippen LogP contribution in [0.25, 0.3) is 17.1 Å². The number of halogens is 1. The standard InChI is InChI=1S/C20H23ClN4O2S2/c1-14-9-10-15(2)18(13-14)25-19(16-7-4-5-8-17(16)21)23-24-20(25)28-11-6-12-29(26,27)22-3/h4-5,7-10,13,22H,6,11-12H2,1-3H3. The van der Waals surface area contributed by atoms with E-state index in [1.165, 1.54) is 18.8 Å². The van der Waals surface area contributed by atoms with Crippen molar-refractivity contribution in [3.05, 3.63) is 58.6 Å². The molecule has 2 aromatic carbocycles. The Balaban J connectivity index is 1.99. The molecule has 0 radical (unpaired) electrons. The average molecular weight is 451 g/mol. The van der Waals surface area contributed by atoms with E-state index in [9.17, 15) is 8.42 Å². The Labute approximate surface area is 180 Å². The summed E-state index contributed by atoms with van der Waals surface area (Å²) in [6.07, 6.45) is 0.509. The number of hydrogen-bond donors (Lipinski definition) is 1. The van der Waals surface area contributed by atoms with Gasteiger partial charge in [0, 0.05) is 11.3 Å². The van der Waals surface area contributed by atoms with Crippen molar-refractivity contribution in [2.45, 2.75) is 25.4 Å². The predicted octanol–water partition coefficient (Wildman–Crippen LogP) is 4.24. The van der Waals surface area contributed by atoms with Crippen LogP contribution < -0.4 is 4.72 Å². The summed E-state index contributed by atoms with van der Waals surface area (Å²) >= 11 is 7.91. The fourth-order valence-electron chi connectivity index (χ4n) is 2.87. The van der Waals surface area contributed by atoms with Crippen LogP contribution in [0.4, 0.5) is 0 Å². The number of nitrogens with zero attached hydrogens (tertiary/aromatic N) is 3. The molecule has 0 bridgehead atoms. The van der Waals surface area contributed by atoms with Gasteiger partial charge in [-0.25, -0.2) is 13.1 Å². The van der Waals surface area contributed by atoms with E-state index >= 15 is 0 Å². The number of nitrogens with one attached hydrogen (secondary N) is 1. The van der Waals surface area contributed by atoms with Gasteiger partial charge in [0.1, 0.15) is 0 Å². The molecule has 3 aromatic rings. The van der Waals surface area contributed by atoms with E-state index in [2.05, 4.69) is 33.1 Å². The molecule has 0 amide bonds. The van der Waals surface area contributed by atoms with Crippen LogP contribution >= 0.6 is 23.4 Å². The van der Waals surface area contributed by atoms with Gasteiger partial charge in [0.05, 0.1) is 16.5 Å². The van der Waals surface area contributed by atoms with Crippen molar-refractivity contribution < 1.29 is 8.42 Å². The monoisotopic (exact) mass is 450 g/mol. The maximum atomic E-state index is 11.6. The first kappa shape index (κ1) is 21.8. The molecule has 0 atom stereocenters. The summed E-state index contributed by atoms with van der Waals surface area (Å²) in [5.74, 6) is 1.34. The molecule has 1 aromatic heterocycles. The van der Waals surface area contributed by atoms with Crippen LogP contribution in [0.2, 0.25) is 5.02 Å². The second kappa shape index (κ2) is 9.30. The van der Waals surface area contributed by atoms with Crippen molar-refractivity contribution in [2.75, 3.05) is 18.6 Å². The molecule has 3 rings (SSSR count). The van der Waals surface area contributed by atoms with Crippen molar-refractivity contribution >= 4 is 33.4 Å². The van der Waals surface area contributed by atoms with Crippen LogP contribution in [-0.2, 0) is 10.0 Å². The number of aromatic nitrogens is 3. The molecule has 29 heavy (non-hydrogen) atoms. The third-order valence-corrected chi connectivity index (χ3v) is 7.25. The summed E-state index contributed by atoms with van der Waals surface area (Å²) in [7, 11) is -1.79. The van der Waals surface area contributed by atoms with E-state index in [1.54, 1.807) is 0 Å². The van der Waals surface area contributed by atoms with Gasteiger partial charge in [0.15, 0.2) is 11.0 Å². The molecule has 0 spiro atoms. The first-order valence-electron chi connectivity index (χ1n) is 9.14. The van der Waals surface area contributed by atoms with Crippen molar-refractivity contribution in [1.29, 1.82) is 0 Å². The fraction of sp³-hybridized carbons (Fsp3) is 0.300. The first-order valence-corrected chi connectivity index (χ1v) is 12.2. The van der Waals surface area contributed by atoms with Crippen molar-refractivity contribution in [2.24, 2.45) is 0 Å². The molecule has 1 heterocycles. The van der Waals surface area contributed by atoms with Crippen molar-refractivity contribution in [3.8, 4) is 17.1 Å². The largest absolute Gasteiger partial charge is 0.270 e. The minimum Gasteiger partial charge on any atom is -0.270 e. The molecule has 154 valence electrons. The molecule has 0 aliphatic heterocycles. The quantitative estimate of drug-likeness (QED) is 0.410. The van der Waals surface area contributed by atoms with Gasteiger partial charge in [-0.3, -0.25) is 4.57 Å². The number of thioether (sulfide) groups is 1. The molecule has 0 fully saturated rings. The van der Waals surface area contributed by atoms with Crippen LogP contribution in [-0.4, -0.2) is 41.7 Å². The van der Waals surface area contributed by atoms with Gasteiger partial charge in [-0.1, -0.05) is 47.6 Å². The SMILES string of the molecule is CNS(=O)(=O)CCCSc1nnc(-c2ccccc2Cl)n1-c1cc(C)ccc1C. The van der Waals surface area contributed by atoms with Crippen molar-refractivity contribution in [1.82, 2.24) is 19.5 Å². The Kier molecular flexibility index (Phi) is 7.00. The molecule has 0 saturated carbocycles. The van der Waals surface area contributed by atoms with E-state index in [0.29, 0.717) is 28.2 Å². The van der Waals surface area contributed by atoms with E-state index in [-0.39, 0.29) is 5.75 Å². The first-order chi connectivity index (χ1) is 13.8. The van der Waals surface area contributed by atoms with Gasteiger partial charge in [-0.15, -0.1) is 10.2 Å². The van der Waals surface area contributed by atoms with Gasteiger partial charge in [-0.05, 0) is 56.6 Å². The summed E-state index contributed by atoms with van der Waals surface area (Å²) in [5.41, 5.74) is 3.99. The highest BCUT2D eigenvalue weighted by Crippen LogP contribution is 2.33. The highest BCUT2D eigenvalue weighted by molar-refractivity contribution is 7.99. The molecular formula is C20H23ClN4O2S2. The topological polar surface area (TPSA) is 76.9 Å². The summed E-state index contributed by atoms with van der Waals surface area (Å²) in [4.78, 5) is 0. The molecule has 0 saturated heterocycles. The molecule has 1 N–H and O–H groups in total. The van der Waals surface area contributed by atoms with Crippen LogP contribution in [0.1, 0.15) is 17.5 Å². The summed E-state index contributed by atoms with van der Waals surface area (Å²) in [6, 6.07) is 13.8. The molecular weight excluding hydrogens is 428 g/mol. The third kappa shape index (κ3) is 5.19. The second-order valence-electron chi connectivity index (χ2n) is 6.64. The zero-order valence-electron chi connectivity index (χ0n) is 16.5. The number of aryl methyl sites for hydroxylation is 2. The van der Waals surface area contributed by atoms with Gasteiger partial charge in [0.2, 0.25) is 10.0 Å². The van der Waals surface area contributed by atoms with Crippen molar-refractivity contribution in [3.63, 3.8) is 0 Å². The van der Waals surface area contributed by atoms with E-state index in [4.69, 9.17) is 11.6 Å². The molecule has 0 unspecified atom stereocenters. The Morgan fingerprint density at radius 2 is 1.90 bits per heavy atom. The lowest BCUT2D eigenvalue weighted by Crippen LogP contribution is -2.22. The highest BCUT2D eigenvalue weighted by atomic mass is 35.5. The normalized spacial score (nSPS) is 11.7. The van der Waals surface area contributed by atoms with E-state index in [0.717, 1.165) is 22.4 Å². The van der Waals surface area contributed by atoms with Crippen LogP contribution in [0.15, 0.2) is 47.6 Å². The number of hydrogen-bond acceptors (Lipinski definition) is 5. The Morgan fingerprint density at radius 3 is 2.62 bits per heavy atom. The fourth-order valence-corrected chi connectivity index (χ4v) is 4.89. The predicted molar refractivity (Wildman–Crippen MR) is 119 cm³/mol. The van der Waals surface area contributed by atoms with Gasteiger partial charge in [-0.2, -0.15) is 0 Å². The smallest absolute Gasteiger partial charge is 0.211 e. The van der Waals surface area contributed by atoms with E-state index in [1.807, 2.05) is 42.7 Å². The highest BCUT2D eigenvalue weighted by Gasteiger charge is 2.19. The Morgan fingerprint density at radius 1 is 1.14 bits per heavy atom. The molecule has 9 heteroatoms. The van der Waals surface area contributed by atoms with Gasteiger partial charge < -0.3 is 0 Å². The zero-order chi connectivity index (χ0) is 21.0. The maximum Gasteiger partial charge on any atom is 0.211 e. The number of rotatable bonds is 8. The van der Waals surface area contributed by atoms with E-state index < -0.39 is 10.0 Å². The maximum absolute atomic E-state index is 11.6. The van der Waals surface area contributed by atoms with Crippen LogP contribution in [0.3, 0.4) is 0 Å².